The van der Waals surface area contributed by atoms with E-state index in [-0.39, 0.29) is 24.8 Å². The quantitative estimate of drug-likeness (QED) is 0.760. The number of aromatic amines is 1. The molecule has 0 spiro atoms. The molecule has 0 unspecified atom stereocenters. The highest BCUT2D eigenvalue weighted by atomic mass is 19.1. The largest absolute Gasteiger partial charge is 0.493 e. The molecule has 0 aliphatic rings. The van der Waals surface area contributed by atoms with Crippen molar-refractivity contribution in [2.75, 3.05) is 11.9 Å². The average Bonchev–Trinajstić information content (AvgIpc) is 2.97. The molecule has 1 amide bonds. The van der Waals surface area contributed by atoms with E-state index in [1.165, 1.54) is 24.3 Å². The van der Waals surface area contributed by atoms with Crippen molar-refractivity contribution in [3.63, 3.8) is 0 Å². The molecule has 1 heterocycles. The first-order valence-electron chi connectivity index (χ1n) is 6.82. The van der Waals surface area contributed by atoms with Crippen LogP contribution in [0.1, 0.15) is 6.42 Å². The Morgan fingerprint density at radius 2 is 2.05 bits per heavy atom. The van der Waals surface area contributed by atoms with E-state index in [4.69, 9.17) is 4.74 Å². The van der Waals surface area contributed by atoms with Gasteiger partial charge in [0.1, 0.15) is 11.6 Å². The summed E-state index contributed by atoms with van der Waals surface area (Å²) < 4.78 is 18.1. The maximum absolute atomic E-state index is 12.7. The van der Waals surface area contributed by atoms with Crippen LogP contribution in [0.4, 0.5) is 10.1 Å². The van der Waals surface area contributed by atoms with Gasteiger partial charge in [-0.2, -0.15) is 5.10 Å². The minimum Gasteiger partial charge on any atom is -0.493 e. The van der Waals surface area contributed by atoms with E-state index >= 15 is 0 Å². The summed E-state index contributed by atoms with van der Waals surface area (Å²) in [5.74, 6) is 0.0633. The molecular weight excluding hydrogens is 285 g/mol. The van der Waals surface area contributed by atoms with E-state index in [2.05, 4.69) is 15.5 Å². The molecule has 0 atom stereocenters. The zero-order valence-electron chi connectivity index (χ0n) is 11.7. The van der Waals surface area contributed by atoms with E-state index in [1.54, 1.807) is 6.20 Å². The standard InChI is InChI=1S/C16H14FN3O2/c17-12-2-5-14(6-3-12)22-8-7-16(21)19-13-4-1-11-10-18-20-15(11)9-13/h1-6,9-10H,7-8H2,(H,18,20)(H,19,21). The van der Waals surface area contributed by atoms with Gasteiger partial charge >= 0.3 is 0 Å². The van der Waals surface area contributed by atoms with Crippen molar-refractivity contribution < 1.29 is 13.9 Å². The van der Waals surface area contributed by atoms with Crippen LogP contribution in [-0.2, 0) is 4.79 Å². The second-order valence-electron chi connectivity index (χ2n) is 4.77. The molecule has 0 aliphatic heterocycles. The van der Waals surface area contributed by atoms with Gasteiger partial charge in [-0.15, -0.1) is 0 Å². The molecule has 0 bridgehead atoms. The zero-order valence-corrected chi connectivity index (χ0v) is 11.7. The summed E-state index contributed by atoms with van der Waals surface area (Å²) >= 11 is 0. The number of anilines is 1. The van der Waals surface area contributed by atoms with Crippen molar-refractivity contribution in [2.24, 2.45) is 0 Å². The minimum absolute atomic E-state index is 0.152. The predicted octanol–water partition coefficient (Wildman–Crippen LogP) is 3.11. The van der Waals surface area contributed by atoms with Crippen molar-refractivity contribution in [1.29, 1.82) is 0 Å². The first kappa shape index (κ1) is 14.1. The maximum atomic E-state index is 12.7. The number of hydrogen-bond donors (Lipinski definition) is 2. The topological polar surface area (TPSA) is 67.0 Å². The average molecular weight is 299 g/mol. The van der Waals surface area contributed by atoms with Gasteiger partial charge in [-0.05, 0) is 42.5 Å². The Hall–Kier alpha value is -2.89. The number of aromatic nitrogens is 2. The highest BCUT2D eigenvalue weighted by Crippen LogP contribution is 2.17. The van der Waals surface area contributed by atoms with Gasteiger partial charge in [0.15, 0.2) is 0 Å². The van der Waals surface area contributed by atoms with Crippen molar-refractivity contribution in [3.8, 4) is 5.75 Å². The highest BCUT2D eigenvalue weighted by molar-refractivity contribution is 5.93. The summed E-state index contributed by atoms with van der Waals surface area (Å²) in [4.78, 5) is 11.9. The first-order chi connectivity index (χ1) is 10.7. The van der Waals surface area contributed by atoms with Crippen molar-refractivity contribution in [3.05, 3.63) is 54.5 Å². The molecular formula is C16H14FN3O2. The van der Waals surface area contributed by atoms with Crippen LogP contribution < -0.4 is 10.1 Å². The number of nitrogens with one attached hydrogen (secondary N) is 2. The van der Waals surface area contributed by atoms with Crippen LogP contribution in [0.15, 0.2) is 48.7 Å². The summed E-state index contributed by atoms with van der Waals surface area (Å²) in [5.41, 5.74) is 1.56. The lowest BCUT2D eigenvalue weighted by atomic mass is 10.2. The molecule has 2 aromatic carbocycles. The third-order valence-electron chi connectivity index (χ3n) is 3.14. The van der Waals surface area contributed by atoms with Gasteiger partial charge in [-0.1, -0.05) is 0 Å². The van der Waals surface area contributed by atoms with Gasteiger partial charge in [-0.3, -0.25) is 9.89 Å². The van der Waals surface area contributed by atoms with Crippen LogP contribution in [0, 0.1) is 5.82 Å². The van der Waals surface area contributed by atoms with Gasteiger partial charge < -0.3 is 10.1 Å². The molecule has 0 radical (unpaired) electrons. The van der Waals surface area contributed by atoms with Gasteiger partial charge in [0.2, 0.25) is 5.91 Å². The van der Waals surface area contributed by atoms with Crippen LogP contribution in [0.2, 0.25) is 0 Å². The Morgan fingerprint density at radius 1 is 1.23 bits per heavy atom. The zero-order chi connectivity index (χ0) is 15.4. The Labute approximate surface area is 126 Å². The number of rotatable bonds is 5. The number of benzene rings is 2. The predicted molar refractivity (Wildman–Crippen MR) is 81.2 cm³/mol. The molecule has 0 aliphatic carbocycles. The summed E-state index contributed by atoms with van der Waals surface area (Å²) in [5, 5.41) is 10.5. The Balaban J connectivity index is 1.50. The van der Waals surface area contributed by atoms with E-state index in [0.717, 1.165) is 10.9 Å². The highest BCUT2D eigenvalue weighted by Gasteiger charge is 2.05. The fraction of sp³-hybridized carbons (Fsp3) is 0.125. The summed E-state index contributed by atoms with van der Waals surface area (Å²) in [6.45, 7) is 0.226. The van der Waals surface area contributed by atoms with E-state index in [9.17, 15) is 9.18 Å². The number of halogens is 1. The molecule has 6 heteroatoms. The maximum Gasteiger partial charge on any atom is 0.227 e. The first-order valence-corrected chi connectivity index (χ1v) is 6.82. The van der Waals surface area contributed by atoms with Gasteiger partial charge in [-0.25, -0.2) is 4.39 Å². The summed E-state index contributed by atoms with van der Waals surface area (Å²) in [6, 6.07) is 11.2. The van der Waals surface area contributed by atoms with Crippen LogP contribution in [0.3, 0.4) is 0 Å². The molecule has 3 rings (SSSR count). The van der Waals surface area contributed by atoms with E-state index in [1.807, 2.05) is 18.2 Å². The summed E-state index contributed by atoms with van der Waals surface area (Å²) in [7, 11) is 0. The molecule has 3 aromatic rings. The van der Waals surface area contributed by atoms with Gasteiger partial charge in [0, 0.05) is 11.1 Å². The van der Waals surface area contributed by atoms with Crippen molar-refractivity contribution in [1.82, 2.24) is 10.2 Å². The lowest BCUT2D eigenvalue weighted by Gasteiger charge is -2.07. The number of H-pyrrole nitrogens is 1. The number of amides is 1. The fourth-order valence-corrected chi connectivity index (χ4v) is 2.03. The third kappa shape index (κ3) is 3.41. The van der Waals surface area contributed by atoms with Gasteiger partial charge in [0.25, 0.3) is 0 Å². The fourth-order valence-electron chi connectivity index (χ4n) is 2.03. The van der Waals surface area contributed by atoms with E-state index < -0.39 is 0 Å². The minimum atomic E-state index is -0.320. The smallest absolute Gasteiger partial charge is 0.227 e. The van der Waals surface area contributed by atoms with E-state index in [0.29, 0.717) is 11.4 Å². The molecule has 112 valence electrons. The lowest BCUT2D eigenvalue weighted by Crippen LogP contribution is -2.15. The third-order valence-corrected chi connectivity index (χ3v) is 3.14. The monoisotopic (exact) mass is 299 g/mol. The molecule has 22 heavy (non-hydrogen) atoms. The molecule has 1 aromatic heterocycles. The number of nitrogens with zero attached hydrogens (tertiary/aromatic N) is 1. The number of hydrogen-bond acceptors (Lipinski definition) is 3. The number of carbonyl (C=O) groups excluding carboxylic acids is 1. The second-order valence-corrected chi connectivity index (χ2v) is 4.77. The Morgan fingerprint density at radius 3 is 2.86 bits per heavy atom. The number of fused-ring (bicyclic) bond motifs is 1. The van der Waals surface area contributed by atoms with Crippen LogP contribution >= 0.6 is 0 Å². The molecule has 0 fully saturated rings. The lowest BCUT2D eigenvalue weighted by molar-refractivity contribution is -0.116. The normalized spacial score (nSPS) is 10.6. The van der Waals surface area contributed by atoms with Crippen LogP contribution in [-0.4, -0.2) is 22.7 Å². The molecule has 0 saturated heterocycles. The van der Waals surface area contributed by atoms with Crippen LogP contribution in [0.25, 0.3) is 10.9 Å². The second kappa shape index (κ2) is 6.26. The Bertz CT molecular complexity index is 783. The van der Waals surface area contributed by atoms with Crippen molar-refractivity contribution >= 4 is 22.5 Å². The number of ether oxygens (including phenoxy) is 1. The number of carbonyl (C=O) groups is 1. The SMILES string of the molecule is O=C(CCOc1ccc(F)cc1)Nc1ccc2cn[nH]c2c1. The van der Waals surface area contributed by atoms with Crippen LogP contribution in [0.5, 0.6) is 5.75 Å². The molecule has 5 nitrogen and oxygen atoms in total. The van der Waals surface area contributed by atoms with Gasteiger partial charge in [0.05, 0.1) is 24.7 Å². The Kier molecular flexibility index (Phi) is 4.00. The molecule has 0 saturated carbocycles. The van der Waals surface area contributed by atoms with Crippen molar-refractivity contribution in [2.45, 2.75) is 6.42 Å². The summed E-state index contributed by atoms with van der Waals surface area (Å²) in [6.07, 6.45) is 1.93. The molecule has 2 N–H and O–H groups in total.